The van der Waals surface area contributed by atoms with Crippen molar-refractivity contribution >= 4 is 23.3 Å². The summed E-state index contributed by atoms with van der Waals surface area (Å²) < 4.78 is 7.07. The zero-order valence-corrected chi connectivity index (χ0v) is 37.1. The van der Waals surface area contributed by atoms with E-state index in [1.165, 1.54) is 48.7 Å². The van der Waals surface area contributed by atoms with E-state index in [1.54, 1.807) is 0 Å². The molecule has 52 heavy (non-hydrogen) atoms. The number of aliphatic hydroxyl groups is 1. The van der Waals surface area contributed by atoms with Gasteiger partial charge in [0.2, 0.25) is 0 Å². The maximum atomic E-state index is 11.3. The number of hydrogen-bond donors (Lipinski definition) is 4. The second kappa shape index (κ2) is 13.9. The summed E-state index contributed by atoms with van der Waals surface area (Å²) in [6, 6.07) is 2.00. The van der Waals surface area contributed by atoms with E-state index in [4.69, 9.17) is 15.5 Å². The van der Waals surface area contributed by atoms with E-state index in [0.717, 1.165) is 17.1 Å². The van der Waals surface area contributed by atoms with Crippen LogP contribution in [0.2, 0.25) is 0 Å². The smallest absolute Gasteiger partial charge is 0.161 e. The van der Waals surface area contributed by atoms with Crippen molar-refractivity contribution in [2.45, 2.75) is 194 Å². The molecule has 0 bridgehead atoms. The van der Waals surface area contributed by atoms with Crippen LogP contribution in [-0.2, 0) is 4.74 Å². The van der Waals surface area contributed by atoms with Gasteiger partial charge in [-0.3, -0.25) is 21.3 Å². The van der Waals surface area contributed by atoms with Crippen LogP contribution in [0.15, 0.2) is 20.8 Å². The second-order valence-electron chi connectivity index (χ2n) is 17.9. The normalized spacial score (nSPS) is 23.9. The first-order valence-electron chi connectivity index (χ1n) is 19.4. The van der Waals surface area contributed by atoms with Gasteiger partial charge in [0.25, 0.3) is 0 Å². The van der Waals surface area contributed by atoms with Crippen molar-refractivity contribution < 1.29 is 9.84 Å². The number of rotatable bonds is 9. The van der Waals surface area contributed by atoms with Gasteiger partial charge in [-0.2, -0.15) is 0 Å². The van der Waals surface area contributed by atoms with E-state index in [1.807, 2.05) is 39.5 Å². The molecule has 2 aromatic carbocycles. The van der Waals surface area contributed by atoms with Gasteiger partial charge < -0.3 is 14.7 Å². The van der Waals surface area contributed by atoms with Crippen molar-refractivity contribution in [3.63, 3.8) is 0 Å². The maximum absolute atomic E-state index is 11.3. The summed E-state index contributed by atoms with van der Waals surface area (Å²) in [7, 11) is 0. The average molecular weight is 737 g/mol. The number of amidine groups is 1. The molecule has 8 nitrogen and oxygen atoms in total. The highest BCUT2D eigenvalue weighted by molar-refractivity contribution is 7.99. The Morgan fingerprint density at radius 2 is 1.37 bits per heavy atom. The standard InChI is InChI=1S/C43H72N6O2S/c1-21-45-42(20,51-41(18,19)40(16,17)50)39(14,15)48-31(10)38(12,13)49(43(44,32(48)11)46-22-2)37-34-28(7)26(5)27(6)30(9)36(34)52-35-29(8)25(4)24(3)23-33(35)47-37/h23,31-32,45-46,50H,21-22,44H2,1-20H3. The van der Waals surface area contributed by atoms with Crippen LogP contribution in [-0.4, -0.2) is 79.7 Å². The summed E-state index contributed by atoms with van der Waals surface area (Å²) in [4.78, 5) is 13.2. The third-order valence-corrected chi connectivity index (χ3v) is 15.2. The van der Waals surface area contributed by atoms with Crippen LogP contribution in [0.5, 0.6) is 0 Å². The van der Waals surface area contributed by atoms with Crippen molar-refractivity contribution in [2.24, 2.45) is 10.7 Å². The van der Waals surface area contributed by atoms with Crippen molar-refractivity contribution in [3.8, 4) is 0 Å². The highest BCUT2D eigenvalue weighted by atomic mass is 32.2. The number of piperazine rings is 1. The zero-order valence-electron chi connectivity index (χ0n) is 36.3. The molecular weight excluding hydrogens is 665 g/mol. The number of likely N-dealkylation sites (N-methyl/N-ethyl adjacent to an activating group) is 2. The van der Waals surface area contributed by atoms with Crippen LogP contribution in [0, 0.1) is 48.5 Å². The van der Waals surface area contributed by atoms with Crippen molar-refractivity contribution in [1.82, 2.24) is 20.4 Å². The summed E-state index contributed by atoms with van der Waals surface area (Å²) in [6.45, 7) is 44.6. The summed E-state index contributed by atoms with van der Waals surface area (Å²) in [5.74, 6) is -0.147. The van der Waals surface area contributed by atoms with Gasteiger partial charge in [-0.1, -0.05) is 25.6 Å². The number of nitrogens with two attached hydrogens (primary N) is 1. The van der Waals surface area contributed by atoms with Crippen LogP contribution < -0.4 is 16.4 Å². The molecule has 4 unspecified atom stereocenters. The van der Waals surface area contributed by atoms with Gasteiger partial charge in [0, 0.05) is 21.4 Å². The molecule has 0 radical (unpaired) electrons. The molecule has 0 aromatic heterocycles. The van der Waals surface area contributed by atoms with E-state index in [9.17, 15) is 5.11 Å². The van der Waals surface area contributed by atoms with Crippen LogP contribution in [0.3, 0.4) is 0 Å². The monoisotopic (exact) mass is 737 g/mol. The van der Waals surface area contributed by atoms with Crippen molar-refractivity contribution in [2.75, 3.05) is 13.1 Å². The van der Waals surface area contributed by atoms with Gasteiger partial charge in [0.15, 0.2) is 5.79 Å². The summed E-state index contributed by atoms with van der Waals surface area (Å²) in [6.07, 6.45) is 0. The predicted octanol–water partition coefficient (Wildman–Crippen LogP) is 8.45. The minimum absolute atomic E-state index is 0.0318. The van der Waals surface area contributed by atoms with Gasteiger partial charge in [0.05, 0.1) is 34.0 Å². The Morgan fingerprint density at radius 1 is 0.827 bits per heavy atom. The molecule has 292 valence electrons. The third kappa shape index (κ3) is 6.48. The summed E-state index contributed by atoms with van der Waals surface area (Å²) >= 11 is 1.86. The highest BCUT2D eigenvalue weighted by Gasteiger charge is 2.63. The maximum Gasteiger partial charge on any atom is 0.161 e. The lowest BCUT2D eigenvalue weighted by molar-refractivity contribution is -0.275. The van der Waals surface area contributed by atoms with E-state index >= 15 is 0 Å². The Labute approximate surface area is 321 Å². The number of fused-ring (bicyclic) bond motifs is 2. The molecule has 5 N–H and O–H groups in total. The molecule has 2 heterocycles. The van der Waals surface area contributed by atoms with Crippen LogP contribution in [0.25, 0.3) is 0 Å². The second-order valence-corrected chi connectivity index (χ2v) is 19.0. The topological polar surface area (TPSA) is 98.4 Å². The zero-order chi connectivity index (χ0) is 39.9. The lowest BCUT2D eigenvalue weighted by Gasteiger charge is -2.69. The van der Waals surface area contributed by atoms with Gasteiger partial charge >= 0.3 is 0 Å². The fourth-order valence-corrected chi connectivity index (χ4v) is 9.99. The van der Waals surface area contributed by atoms with Crippen molar-refractivity contribution in [3.05, 3.63) is 50.6 Å². The Morgan fingerprint density at radius 3 is 1.88 bits per heavy atom. The molecule has 0 aliphatic carbocycles. The Bertz CT molecular complexity index is 1740. The number of aryl methyl sites for hydroxylation is 1. The lowest BCUT2D eigenvalue weighted by Crippen LogP contribution is -2.89. The molecule has 1 saturated heterocycles. The van der Waals surface area contributed by atoms with Gasteiger partial charge in [0.1, 0.15) is 11.6 Å². The largest absolute Gasteiger partial charge is 0.387 e. The first kappa shape index (κ1) is 42.8. The summed E-state index contributed by atoms with van der Waals surface area (Å²) in [5, 5.41) is 18.8. The number of hydrogen-bond acceptors (Lipinski definition) is 9. The molecule has 2 aromatic rings. The molecule has 1 fully saturated rings. The Hall–Kier alpha value is -1.98. The van der Waals surface area contributed by atoms with Gasteiger partial charge in [-0.05, 0) is 183 Å². The predicted molar refractivity (Wildman–Crippen MR) is 221 cm³/mol. The number of nitrogens with zero attached hydrogens (tertiary/aromatic N) is 3. The van der Waals surface area contributed by atoms with Gasteiger partial charge in [-0.25, -0.2) is 4.99 Å². The molecule has 2 aliphatic rings. The molecule has 4 rings (SSSR count). The van der Waals surface area contributed by atoms with E-state index in [2.05, 4.69) is 137 Å². The fraction of sp³-hybridized carbons (Fsp3) is 0.698. The first-order chi connectivity index (χ1) is 23.6. The number of ether oxygens (including phenoxy) is 1. The third-order valence-electron chi connectivity index (χ3n) is 13.7. The van der Waals surface area contributed by atoms with Gasteiger partial charge in [-0.15, -0.1) is 0 Å². The minimum atomic E-state index is -1.09. The van der Waals surface area contributed by atoms with Crippen LogP contribution in [0.4, 0.5) is 5.69 Å². The molecule has 0 amide bonds. The fourth-order valence-electron chi connectivity index (χ4n) is 8.62. The summed E-state index contributed by atoms with van der Waals surface area (Å²) in [5.41, 5.74) is 15.1. The van der Waals surface area contributed by atoms with Crippen LogP contribution in [0.1, 0.15) is 135 Å². The number of benzene rings is 2. The van der Waals surface area contributed by atoms with E-state index in [0.29, 0.717) is 13.1 Å². The van der Waals surface area contributed by atoms with E-state index in [-0.39, 0.29) is 12.1 Å². The molecule has 0 saturated carbocycles. The van der Waals surface area contributed by atoms with Crippen molar-refractivity contribution in [1.29, 1.82) is 0 Å². The molecule has 2 aliphatic heterocycles. The average Bonchev–Trinajstić information content (AvgIpc) is 3.17. The van der Waals surface area contributed by atoms with Crippen LogP contribution >= 0.6 is 11.8 Å². The number of aliphatic imine (C=N–C) groups is 1. The number of nitrogens with one attached hydrogen (secondary N) is 2. The highest BCUT2D eigenvalue weighted by Crippen LogP contribution is 2.51. The Balaban J connectivity index is 2.08. The first-order valence-corrected chi connectivity index (χ1v) is 20.2. The molecule has 9 heteroatoms. The Kier molecular flexibility index (Phi) is 11.5. The minimum Gasteiger partial charge on any atom is -0.387 e. The van der Waals surface area contributed by atoms with E-state index < -0.39 is 33.8 Å². The quantitative estimate of drug-likeness (QED) is 0.191. The SMILES string of the molecule is CCNC1(N)C(C)N(C(C)(C)C(C)(NCC)OC(C)(C)C(C)(C)O)C(C)C(C)(C)N1C1=Nc2cc(C)c(C)c(C)c2Sc2c(C)c(C)c(C)c(C)c21. The molecule has 0 spiro atoms. The lowest BCUT2D eigenvalue weighted by atomic mass is 9.76. The molecular formula is C43H72N6O2S. The molecule has 4 atom stereocenters.